The van der Waals surface area contributed by atoms with Crippen LogP contribution in [0, 0.1) is 11.3 Å². The molecule has 0 aliphatic carbocycles. The van der Waals surface area contributed by atoms with Crippen LogP contribution in [0.5, 0.6) is 5.75 Å². The van der Waals surface area contributed by atoms with Crippen LogP contribution < -0.4 is 10.3 Å². The number of pyridine rings is 2. The molecule has 0 unspecified atom stereocenters. The highest BCUT2D eigenvalue weighted by Crippen LogP contribution is 2.39. The van der Waals surface area contributed by atoms with Crippen molar-refractivity contribution in [3.63, 3.8) is 0 Å². The number of benzene rings is 1. The first-order chi connectivity index (χ1) is 18.3. The van der Waals surface area contributed by atoms with Crippen LogP contribution in [-0.2, 0) is 6.54 Å². The topological polar surface area (TPSA) is 131 Å². The minimum absolute atomic E-state index is 0.0611. The smallest absolute Gasteiger partial charge is 0.338 e. The van der Waals surface area contributed by atoms with Gasteiger partial charge in [0.25, 0.3) is 12.0 Å². The Morgan fingerprint density at radius 2 is 2.08 bits per heavy atom. The largest absolute Gasteiger partial charge is 0.491 e. The molecule has 0 atom stereocenters. The summed E-state index contributed by atoms with van der Waals surface area (Å²) in [4.78, 5) is 36.5. The van der Waals surface area contributed by atoms with Crippen LogP contribution in [0.3, 0.4) is 0 Å². The minimum atomic E-state index is -3.06. The van der Waals surface area contributed by atoms with Gasteiger partial charge in [-0.25, -0.2) is 18.6 Å². The van der Waals surface area contributed by atoms with Crippen molar-refractivity contribution in [3.05, 3.63) is 80.6 Å². The molecule has 5 rings (SSSR count). The minimum Gasteiger partial charge on any atom is -0.491 e. The number of carbonyl (C=O) groups is 1. The van der Waals surface area contributed by atoms with Crippen molar-refractivity contribution in [2.24, 2.45) is 0 Å². The van der Waals surface area contributed by atoms with E-state index < -0.39 is 23.8 Å². The fourth-order valence-electron chi connectivity index (χ4n) is 4.03. The summed E-state index contributed by atoms with van der Waals surface area (Å²) in [7, 11) is 0. The number of alkyl halides is 2. The summed E-state index contributed by atoms with van der Waals surface area (Å²) in [6.07, 6.45) is 0.735. The molecule has 38 heavy (non-hydrogen) atoms. The molecule has 0 bridgehead atoms. The molecular weight excluding hydrogens is 540 g/mol. The van der Waals surface area contributed by atoms with E-state index in [0.29, 0.717) is 32.1 Å². The van der Waals surface area contributed by atoms with Gasteiger partial charge < -0.3 is 9.84 Å². The Kier molecular flexibility index (Phi) is 6.71. The van der Waals surface area contributed by atoms with Gasteiger partial charge >= 0.3 is 5.97 Å². The summed E-state index contributed by atoms with van der Waals surface area (Å²) in [6, 6.07) is 8.32. The summed E-state index contributed by atoms with van der Waals surface area (Å²) in [5, 5.41) is 20.6. The van der Waals surface area contributed by atoms with Crippen molar-refractivity contribution in [1.82, 2.24) is 19.5 Å². The molecule has 0 amide bonds. The summed E-state index contributed by atoms with van der Waals surface area (Å²) in [5.41, 5.74) is 0.539. The quantitative estimate of drug-likeness (QED) is 0.287. The normalized spacial score (nSPS) is 11.2. The number of thiophene rings is 1. The van der Waals surface area contributed by atoms with Gasteiger partial charge in [-0.15, -0.1) is 11.3 Å². The number of halogens is 3. The Balaban J connectivity index is 1.52. The lowest BCUT2D eigenvalue weighted by molar-refractivity contribution is 0.0699. The maximum Gasteiger partial charge on any atom is 0.338 e. The molecule has 4 aromatic heterocycles. The average Bonchev–Trinajstić information content (AvgIpc) is 3.35. The number of hydrogen-bond acceptors (Lipinski definition) is 8. The van der Waals surface area contributed by atoms with Crippen molar-refractivity contribution in [1.29, 1.82) is 5.26 Å². The highest BCUT2D eigenvalue weighted by atomic mass is 35.5. The third-order valence-corrected chi connectivity index (χ3v) is 6.94. The van der Waals surface area contributed by atoms with E-state index in [-0.39, 0.29) is 35.2 Å². The van der Waals surface area contributed by atoms with Crippen LogP contribution in [0.25, 0.3) is 32.2 Å². The third-order valence-electron chi connectivity index (χ3n) is 5.70. The molecule has 13 heteroatoms. The van der Waals surface area contributed by atoms with Crippen molar-refractivity contribution >= 4 is 50.0 Å². The number of rotatable bonds is 7. The Morgan fingerprint density at radius 3 is 2.82 bits per heavy atom. The Bertz CT molecular complexity index is 1830. The molecule has 0 saturated heterocycles. The molecular formula is C25H14ClF2N5O4S. The maximum absolute atomic E-state index is 13.8. The molecule has 0 radical (unpaired) electrons. The van der Waals surface area contributed by atoms with E-state index in [0.717, 1.165) is 10.8 Å². The Morgan fingerprint density at radius 1 is 1.26 bits per heavy atom. The van der Waals surface area contributed by atoms with E-state index in [1.807, 2.05) is 6.07 Å². The maximum atomic E-state index is 13.8. The van der Waals surface area contributed by atoms with Crippen LogP contribution in [-0.4, -0.2) is 37.2 Å². The second kappa shape index (κ2) is 10.1. The van der Waals surface area contributed by atoms with E-state index in [2.05, 4.69) is 15.0 Å². The molecule has 1 N–H and O–H groups in total. The first kappa shape index (κ1) is 25.2. The van der Waals surface area contributed by atoms with Gasteiger partial charge in [0.2, 0.25) is 0 Å². The third kappa shape index (κ3) is 4.42. The van der Waals surface area contributed by atoms with Crippen molar-refractivity contribution in [2.75, 3.05) is 6.61 Å². The number of hydrogen-bond donors (Lipinski definition) is 1. The first-order valence-electron chi connectivity index (χ1n) is 10.9. The number of aromatic carboxylic acids is 1. The number of fused-ring (bicyclic) bond motifs is 2. The average molecular weight is 554 g/mol. The lowest BCUT2D eigenvalue weighted by atomic mass is 10.0. The monoisotopic (exact) mass is 553 g/mol. The highest BCUT2D eigenvalue weighted by molar-refractivity contribution is 7.18. The first-order valence-corrected chi connectivity index (χ1v) is 12.1. The zero-order chi connectivity index (χ0) is 27.0. The Labute approximate surface area is 221 Å². The van der Waals surface area contributed by atoms with Gasteiger partial charge in [0.1, 0.15) is 18.4 Å². The molecule has 1 aromatic carbocycles. The van der Waals surface area contributed by atoms with E-state index in [9.17, 15) is 28.7 Å². The number of nitrogens with zero attached hydrogens (tertiary/aromatic N) is 5. The summed E-state index contributed by atoms with van der Waals surface area (Å²) < 4.78 is 34.9. The Hall–Kier alpha value is -4.47. The fraction of sp³-hybridized carbons (Fsp3) is 0.120. The van der Waals surface area contributed by atoms with Crippen LogP contribution in [0.2, 0.25) is 5.02 Å². The molecule has 4 heterocycles. The lowest BCUT2D eigenvalue weighted by Gasteiger charge is -2.16. The van der Waals surface area contributed by atoms with Gasteiger partial charge in [-0.2, -0.15) is 5.26 Å². The molecule has 5 aromatic rings. The van der Waals surface area contributed by atoms with Crippen molar-refractivity contribution < 1.29 is 23.4 Å². The predicted octanol–water partition coefficient (Wildman–Crippen LogP) is 5.31. The standard InChI is InChI=1S/C25H14ClF2N5O4S/c26-13-1-2-18(15(7-13)14-3-4-31-20-16(25(35)36)11-38-21(14)20)37-6-5-33-23(22(27)28)32-17-10-30-9-12(8-29)19(17)24(33)34/h1-4,7,9-11,22H,5-6H2,(H,35,36). The number of nitriles is 1. The molecule has 0 saturated carbocycles. The van der Waals surface area contributed by atoms with E-state index in [4.69, 9.17) is 16.3 Å². The van der Waals surface area contributed by atoms with Crippen molar-refractivity contribution in [2.45, 2.75) is 13.0 Å². The molecule has 0 spiro atoms. The van der Waals surface area contributed by atoms with Gasteiger partial charge in [-0.05, 0) is 24.3 Å². The van der Waals surface area contributed by atoms with Gasteiger partial charge in [0.05, 0.1) is 45.0 Å². The second-order valence-corrected chi connectivity index (χ2v) is 9.22. The van der Waals surface area contributed by atoms with E-state index >= 15 is 0 Å². The highest BCUT2D eigenvalue weighted by Gasteiger charge is 2.21. The van der Waals surface area contributed by atoms with E-state index in [1.54, 1.807) is 24.3 Å². The van der Waals surface area contributed by atoms with Gasteiger partial charge in [-0.3, -0.25) is 19.3 Å². The lowest BCUT2D eigenvalue weighted by Crippen LogP contribution is -2.28. The summed E-state index contributed by atoms with van der Waals surface area (Å²) in [5.74, 6) is -1.55. The molecule has 9 nitrogen and oxygen atoms in total. The SMILES string of the molecule is N#Cc1cncc2nc(C(F)F)n(CCOc3ccc(Cl)cc3-c3ccnc4c(C(=O)O)csc34)c(=O)c12. The zero-order valence-corrected chi connectivity index (χ0v) is 20.6. The fourth-order valence-corrected chi connectivity index (χ4v) is 5.23. The van der Waals surface area contributed by atoms with E-state index in [1.165, 1.54) is 29.1 Å². The number of aromatic nitrogens is 4. The zero-order valence-electron chi connectivity index (χ0n) is 19.1. The molecule has 0 aliphatic rings. The van der Waals surface area contributed by atoms with Crippen LogP contribution in [0.15, 0.2) is 53.0 Å². The molecule has 0 aliphatic heterocycles. The van der Waals surface area contributed by atoms with Crippen LogP contribution >= 0.6 is 22.9 Å². The van der Waals surface area contributed by atoms with Gasteiger partial charge in [0, 0.05) is 33.9 Å². The molecule has 0 fully saturated rings. The number of carboxylic acid groups (broad SMARTS) is 1. The summed E-state index contributed by atoms with van der Waals surface area (Å²) in [6.45, 7) is -0.488. The number of carboxylic acids is 1. The van der Waals surface area contributed by atoms with Crippen molar-refractivity contribution in [3.8, 4) is 22.9 Å². The van der Waals surface area contributed by atoms with Gasteiger partial charge in [0.15, 0.2) is 5.82 Å². The van der Waals surface area contributed by atoms with Crippen LogP contribution in [0.4, 0.5) is 8.78 Å². The van der Waals surface area contributed by atoms with Gasteiger partial charge in [-0.1, -0.05) is 11.6 Å². The number of ether oxygens (including phenoxy) is 1. The molecule has 190 valence electrons. The second-order valence-electron chi connectivity index (χ2n) is 7.90. The van der Waals surface area contributed by atoms with Crippen LogP contribution in [0.1, 0.15) is 28.2 Å². The predicted molar refractivity (Wildman–Crippen MR) is 136 cm³/mol. The summed E-state index contributed by atoms with van der Waals surface area (Å²) >= 11 is 7.43.